The van der Waals surface area contributed by atoms with Gasteiger partial charge in [0.1, 0.15) is 0 Å². The van der Waals surface area contributed by atoms with Gasteiger partial charge in [-0.25, -0.2) is 10.0 Å². The van der Waals surface area contributed by atoms with Crippen molar-refractivity contribution in [3.05, 3.63) is 181 Å². The molecule has 0 saturated heterocycles. The molecule has 6 aromatic carbocycles. The molecule has 49 heavy (non-hydrogen) atoms. The number of benzene rings is 6. The van der Waals surface area contributed by atoms with Gasteiger partial charge in [0.15, 0.2) is 11.4 Å². The van der Waals surface area contributed by atoms with Crippen LogP contribution in [0.1, 0.15) is 11.1 Å². The van der Waals surface area contributed by atoms with Crippen LogP contribution in [0.2, 0.25) is 0 Å². The van der Waals surface area contributed by atoms with Crippen LogP contribution >= 0.6 is 0 Å². The normalized spacial score (nSPS) is 14.5. The molecule has 0 bridgehead atoms. The van der Waals surface area contributed by atoms with Gasteiger partial charge in [-0.3, -0.25) is 9.59 Å². The predicted molar refractivity (Wildman–Crippen MR) is 198 cm³/mol. The molecule has 0 aromatic heterocycles. The van der Waals surface area contributed by atoms with E-state index < -0.39 is 0 Å². The van der Waals surface area contributed by atoms with Gasteiger partial charge in [-0.1, -0.05) is 109 Å². The summed E-state index contributed by atoms with van der Waals surface area (Å²) in [6, 6.07) is 54.6. The fraction of sp³-hybridized carbons (Fsp3) is 0.0244. The zero-order valence-electron chi connectivity index (χ0n) is 26.7. The average molecular weight is 641 g/mol. The number of likely N-dealkylation sites (N-methyl/N-ethyl adjacent to an activating group) is 1. The van der Waals surface area contributed by atoms with E-state index in [0.29, 0.717) is 11.4 Å². The van der Waals surface area contributed by atoms with Crippen molar-refractivity contribution in [1.29, 1.82) is 0 Å². The topological polar surface area (TPSA) is 80.6 Å². The van der Waals surface area contributed by atoms with Gasteiger partial charge >= 0.3 is 0 Å². The molecular weight excluding hydrogens is 608 g/mol. The Bertz CT molecular complexity index is 2070. The van der Waals surface area contributed by atoms with Gasteiger partial charge in [0.2, 0.25) is 0 Å². The van der Waals surface area contributed by atoms with Crippen LogP contribution in [-0.4, -0.2) is 30.3 Å². The highest BCUT2D eigenvalue weighted by Gasteiger charge is 2.32. The summed E-state index contributed by atoms with van der Waals surface area (Å²) in [5.74, 6) is -0.286. The maximum atomic E-state index is 12.7. The number of rotatable bonds is 6. The molecular formula is C41H32N6O2. The third-order valence-electron chi connectivity index (χ3n) is 8.08. The molecule has 0 aliphatic carbocycles. The first-order chi connectivity index (χ1) is 24.1. The van der Waals surface area contributed by atoms with Crippen LogP contribution < -0.4 is 20.2 Å². The van der Waals surface area contributed by atoms with Crippen molar-refractivity contribution < 1.29 is 9.59 Å². The highest BCUT2D eigenvalue weighted by Crippen LogP contribution is 2.32. The molecule has 8 rings (SSSR count). The number of fused-ring (bicyclic) bond motifs is 2. The summed E-state index contributed by atoms with van der Waals surface area (Å²) in [5, 5.41) is 15.9. The number of carbonyl (C=O) groups is 2. The van der Waals surface area contributed by atoms with E-state index >= 15 is 0 Å². The van der Waals surface area contributed by atoms with Crippen LogP contribution in [0.4, 0.5) is 34.1 Å². The van der Waals surface area contributed by atoms with Crippen molar-refractivity contribution in [2.75, 3.05) is 27.3 Å². The van der Waals surface area contributed by atoms with Gasteiger partial charge in [0.05, 0.1) is 34.1 Å². The highest BCUT2D eigenvalue weighted by molar-refractivity contribution is 6.54. The summed E-state index contributed by atoms with van der Waals surface area (Å²) in [6.45, 7) is 0. The van der Waals surface area contributed by atoms with E-state index in [1.54, 1.807) is 17.0 Å². The Hall–Kier alpha value is -6.80. The largest absolute Gasteiger partial charge is 0.320 e. The number of para-hydroxylation sites is 6. The number of hydrogen-bond donors (Lipinski definition) is 1. The fourth-order valence-electron chi connectivity index (χ4n) is 5.65. The zero-order chi connectivity index (χ0) is 33.6. The van der Waals surface area contributed by atoms with E-state index in [2.05, 4.69) is 10.4 Å². The molecule has 0 radical (unpaired) electrons. The van der Waals surface area contributed by atoms with E-state index in [1.165, 1.54) is 0 Å². The Morgan fingerprint density at radius 3 is 1.35 bits per heavy atom. The van der Waals surface area contributed by atoms with Crippen molar-refractivity contribution in [2.45, 2.75) is 0 Å². The number of anilines is 6. The van der Waals surface area contributed by atoms with Crippen LogP contribution in [0.5, 0.6) is 0 Å². The first kappa shape index (κ1) is 30.8. The lowest BCUT2D eigenvalue weighted by Crippen LogP contribution is -2.27. The van der Waals surface area contributed by atoms with Crippen LogP contribution in [0, 0.1) is 0 Å². The van der Waals surface area contributed by atoms with Gasteiger partial charge in [0.25, 0.3) is 11.8 Å². The molecule has 0 fully saturated rings. The molecule has 6 aromatic rings. The number of hydrogen-bond acceptors (Lipinski definition) is 6. The lowest BCUT2D eigenvalue weighted by molar-refractivity contribution is -0.112. The van der Waals surface area contributed by atoms with Crippen molar-refractivity contribution in [2.24, 2.45) is 10.2 Å². The maximum absolute atomic E-state index is 12.7. The molecule has 1 N–H and O–H groups in total. The molecule has 238 valence electrons. The number of amides is 2. The summed E-state index contributed by atoms with van der Waals surface area (Å²) in [5.41, 5.74) is 7.81. The van der Waals surface area contributed by atoms with E-state index in [4.69, 9.17) is 5.10 Å². The van der Waals surface area contributed by atoms with E-state index in [9.17, 15) is 9.59 Å². The minimum atomic E-state index is -0.187. The Balaban J connectivity index is 0.000000154. The Kier molecular flexibility index (Phi) is 8.75. The summed E-state index contributed by atoms with van der Waals surface area (Å²) in [6.07, 6.45) is 0. The van der Waals surface area contributed by atoms with E-state index in [0.717, 1.165) is 45.3 Å². The summed E-state index contributed by atoms with van der Waals surface area (Å²) in [7, 11) is 1.78. The molecule has 0 spiro atoms. The van der Waals surface area contributed by atoms with Gasteiger partial charge < -0.3 is 10.2 Å². The number of nitrogens with one attached hydrogen (secondary N) is 1. The van der Waals surface area contributed by atoms with Gasteiger partial charge in [0, 0.05) is 18.2 Å². The molecule has 2 amide bonds. The number of nitrogens with zero attached hydrogens (tertiary/aromatic N) is 5. The fourth-order valence-corrected chi connectivity index (χ4v) is 5.65. The Labute approximate surface area is 284 Å². The van der Waals surface area contributed by atoms with Crippen molar-refractivity contribution in [1.82, 2.24) is 0 Å². The molecule has 2 aliphatic heterocycles. The lowest BCUT2D eigenvalue weighted by atomic mass is 10.1. The first-order valence-corrected chi connectivity index (χ1v) is 15.8. The van der Waals surface area contributed by atoms with Crippen molar-refractivity contribution in [3.63, 3.8) is 0 Å². The third kappa shape index (κ3) is 6.43. The molecule has 8 nitrogen and oxygen atoms in total. The van der Waals surface area contributed by atoms with E-state index in [-0.39, 0.29) is 11.8 Å². The van der Waals surface area contributed by atoms with Crippen LogP contribution in [-0.2, 0) is 9.59 Å². The smallest absolute Gasteiger partial charge is 0.279 e. The minimum Gasteiger partial charge on any atom is -0.320 e. The van der Waals surface area contributed by atoms with E-state index in [1.807, 2.05) is 175 Å². The van der Waals surface area contributed by atoms with Crippen molar-refractivity contribution >= 4 is 57.4 Å². The minimum absolute atomic E-state index is 0.0990. The zero-order valence-corrected chi connectivity index (χ0v) is 26.7. The molecule has 0 atom stereocenters. The first-order valence-electron chi connectivity index (χ1n) is 15.8. The summed E-state index contributed by atoms with van der Waals surface area (Å²) >= 11 is 0. The number of carbonyl (C=O) groups excluding carboxylic acids is 2. The van der Waals surface area contributed by atoms with Gasteiger partial charge in [-0.05, 0) is 60.7 Å². The van der Waals surface area contributed by atoms with Gasteiger partial charge in [-0.2, -0.15) is 10.2 Å². The number of hydrazone groups is 2. The molecule has 0 unspecified atom stereocenters. The van der Waals surface area contributed by atoms with Crippen LogP contribution in [0.15, 0.2) is 180 Å². The Morgan fingerprint density at radius 2 is 0.857 bits per heavy atom. The Morgan fingerprint density at radius 1 is 0.469 bits per heavy atom. The molecule has 2 aliphatic rings. The quantitative estimate of drug-likeness (QED) is 0.186. The second-order valence-electron chi connectivity index (χ2n) is 11.2. The van der Waals surface area contributed by atoms with Crippen molar-refractivity contribution in [3.8, 4) is 0 Å². The van der Waals surface area contributed by atoms with Crippen LogP contribution in [0.3, 0.4) is 0 Å². The van der Waals surface area contributed by atoms with Crippen LogP contribution in [0.25, 0.3) is 0 Å². The van der Waals surface area contributed by atoms with Gasteiger partial charge in [-0.15, -0.1) is 0 Å². The highest BCUT2D eigenvalue weighted by atomic mass is 16.2. The monoisotopic (exact) mass is 640 g/mol. The SMILES string of the molecule is CN1C(=O)/C(=N\N(c2ccccc2)c2ccccc2)c2ccccc21.O=C1Nc2ccccc2/C1=N/N(c1ccccc1)c1ccccc1. The summed E-state index contributed by atoms with van der Waals surface area (Å²) < 4.78 is 0. The maximum Gasteiger partial charge on any atom is 0.279 e. The third-order valence-corrected chi connectivity index (χ3v) is 8.08. The molecule has 8 heteroatoms. The second-order valence-corrected chi connectivity index (χ2v) is 11.2. The average Bonchev–Trinajstić information content (AvgIpc) is 3.61. The predicted octanol–water partition coefficient (Wildman–Crippen LogP) is 8.39. The lowest BCUT2D eigenvalue weighted by Gasteiger charge is -2.20. The summed E-state index contributed by atoms with van der Waals surface area (Å²) in [4.78, 5) is 26.7. The standard InChI is InChI=1S/C21H17N3O.C20H15N3O/c1-23-19-15-9-8-14-18(19)20(21(23)25)22-24(16-10-4-2-5-11-16)17-12-6-3-7-13-17;24-20-19(17-13-7-8-14-18(17)21-20)22-23(15-9-3-1-4-10-15)16-11-5-2-6-12-16/h2-15H,1H3;1-14H,(H,21,22,24)/b22-20-;. The molecule has 2 heterocycles. The molecule has 0 saturated carbocycles. The second kappa shape index (κ2) is 13.9.